The molecule has 152 valence electrons. The second-order valence-corrected chi connectivity index (χ2v) is 8.31. The van der Waals surface area contributed by atoms with Crippen molar-refractivity contribution in [2.45, 2.75) is 38.1 Å². The standard InChI is InChI=1S/C20H23N5O3S/c1-12-4-6-15(7-5-12)25-18-16(8-21-25)19(27)23-20(22-18)29-11-17(26)24-9-13(2)28-14(3)10-24/h4-8,13-14H,9-11H2,1-3H3,(H,22,23,27)/t13-,14+. The molecule has 1 fully saturated rings. The first kappa shape index (κ1) is 19.7. The maximum Gasteiger partial charge on any atom is 0.262 e. The van der Waals surface area contributed by atoms with E-state index in [-0.39, 0.29) is 29.4 Å². The lowest BCUT2D eigenvalue weighted by atomic mass is 10.2. The Hall–Kier alpha value is -2.65. The number of thioether (sulfide) groups is 1. The summed E-state index contributed by atoms with van der Waals surface area (Å²) in [6.07, 6.45) is 1.55. The molecule has 2 atom stereocenters. The SMILES string of the molecule is Cc1ccc(-n2ncc3c(=O)[nH]c(SCC(=O)N4C[C@@H](C)O[C@@H](C)C4)nc32)cc1. The molecule has 0 saturated carbocycles. The van der Waals surface area contributed by atoms with Gasteiger partial charge in [0.2, 0.25) is 5.91 Å². The van der Waals surface area contributed by atoms with E-state index in [0.29, 0.717) is 29.3 Å². The number of fused-ring (bicyclic) bond motifs is 1. The van der Waals surface area contributed by atoms with E-state index in [1.165, 1.54) is 18.0 Å². The molecule has 0 radical (unpaired) electrons. The number of hydrogen-bond acceptors (Lipinski definition) is 6. The van der Waals surface area contributed by atoms with Crippen LogP contribution >= 0.6 is 11.8 Å². The molecule has 1 saturated heterocycles. The van der Waals surface area contributed by atoms with Gasteiger partial charge in [0, 0.05) is 13.1 Å². The van der Waals surface area contributed by atoms with Crippen LogP contribution in [0.2, 0.25) is 0 Å². The zero-order valence-corrected chi connectivity index (χ0v) is 17.4. The molecule has 0 aliphatic carbocycles. The lowest BCUT2D eigenvalue weighted by Gasteiger charge is -2.35. The number of carbonyl (C=O) groups is 1. The zero-order chi connectivity index (χ0) is 20.5. The van der Waals surface area contributed by atoms with Crippen molar-refractivity contribution in [1.29, 1.82) is 0 Å². The Kier molecular flexibility index (Phi) is 5.42. The van der Waals surface area contributed by atoms with Crippen molar-refractivity contribution in [3.8, 4) is 5.69 Å². The highest BCUT2D eigenvalue weighted by Gasteiger charge is 2.26. The van der Waals surface area contributed by atoms with Crippen LogP contribution in [0.15, 0.2) is 40.4 Å². The van der Waals surface area contributed by atoms with Crippen molar-refractivity contribution in [2.75, 3.05) is 18.8 Å². The van der Waals surface area contributed by atoms with Crippen molar-refractivity contribution in [3.63, 3.8) is 0 Å². The van der Waals surface area contributed by atoms with E-state index in [4.69, 9.17) is 4.74 Å². The quantitative estimate of drug-likeness (QED) is 0.520. The Morgan fingerprint density at radius 1 is 1.24 bits per heavy atom. The molecular formula is C20H23N5O3S. The number of morpholine rings is 1. The van der Waals surface area contributed by atoms with Crippen LogP contribution in [-0.2, 0) is 9.53 Å². The lowest BCUT2D eigenvalue weighted by molar-refractivity contribution is -0.140. The Balaban J connectivity index is 1.55. The number of rotatable bonds is 4. The van der Waals surface area contributed by atoms with Gasteiger partial charge in [-0.2, -0.15) is 5.10 Å². The third-order valence-electron chi connectivity index (χ3n) is 4.80. The van der Waals surface area contributed by atoms with Crippen LogP contribution in [0.3, 0.4) is 0 Å². The van der Waals surface area contributed by atoms with Gasteiger partial charge in [-0.1, -0.05) is 29.5 Å². The molecule has 8 nitrogen and oxygen atoms in total. The molecule has 9 heteroatoms. The van der Waals surface area contributed by atoms with Gasteiger partial charge < -0.3 is 14.6 Å². The Bertz CT molecular complexity index is 1080. The van der Waals surface area contributed by atoms with Crippen molar-refractivity contribution in [1.82, 2.24) is 24.6 Å². The fourth-order valence-electron chi connectivity index (χ4n) is 3.44. The molecular weight excluding hydrogens is 390 g/mol. The summed E-state index contributed by atoms with van der Waals surface area (Å²) in [6.45, 7) is 7.08. The first-order valence-corrected chi connectivity index (χ1v) is 10.5. The Morgan fingerprint density at radius 3 is 2.62 bits per heavy atom. The average molecular weight is 414 g/mol. The van der Waals surface area contributed by atoms with Crippen molar-refractivity contribution in [2.24, 2.45) is 0 Å². The van der Waals surface area contributed by atoms with E-state index in [0.717, 1.165) is 11.3 Å². The molecule has 3 aromatic rings. The summed E-state index contributed by atoms with van der Waals surface area (Å²) in [4.78, 5) is 34.2. The van der Waals surface area contributed by atoms with Gasteiger partial charge in [0.1, 0.15) is 5.39 Å². The maximum atomic E-state index is 12.6. The molecule has 1 aliphatic rings. The van der Waals surface area contributed by atoms with Crippen LogP contribution < -0.4 is 5.56 Å². The average Bonchev–Trinajstić information content (AvgIpc) is 3.10. The van der Waals surface area contributed by atoms with E-state index < -0.39 is 0 Å². The van der Waals surface area contributed by atoms with Gasteiger partial charge in [-0.15, -0.1) is 0 Å². The molecule has 29 heavy (non-hydrogen) atoms. The van der Waals surface area contributed by atoms with Gasteiger partial charge in [-0.05, 0) is 32.9 Å². The van der Waals surface area contributed by atoms with Gasteiger partial charge >= 0.3 is 0 Å². The van der Waals surface area contributed by atoms with Crippen molar-refractivity contribution in [3.05, 3.63) is 46.4 Å². The van der Waals surface area contributed by atoms with Crippen LogP contribution in [-0.4, -0.2) is 61.6 Å². The molecule has 1 aliphatic heterocycles. The summed E-state index contributed by atoms with van der Waals surface area (Å²) in [5.41, 5.74) is 2.17. The number of nitrogens with zero attached hydrogens (tertiary/aromatic N) is 4. The molecule has 2 aromatic heterocycles. The molecule has 0 unspecified atom stereocenters. The topological polar surface area (TPSA) is 93.1 Å². The fourth-order valence-corrected chi connectivity index (χ4v) is 4.20. The monoisotopic (exact) mass is 413 g/mol. The molecule has 1 amide bonds. The Morgan fingerprint density at radius 2 is 1.93 bits per heavy atom. The fraction of sp³-hybridized carbons (Fsp3) is 0.400. The van der Waals surface area contributed by atoms with E-state index in [2.05, 4.69) is 15.1 Å². The normalized spacial score (nSPS) is 19.6. The molecule has 1 N–H and O–H groups in total. The summed E-state index contributed by atoms with van der Waals surface area (Å²) < 4.78 is 7.32. The predicted molar refractivity (Wildman–Crippen MR) is 112 cm³/mol. The highest BCUT2D eigenvalue weighted by Crippen LogP contribution is 2.19. The summed E-state index contributed by atoms with van der Waals surface area (Å²) in [7, 11) is 0. The molecule has 3 heterocycles. The van der Waals surface area contributed by atoms with Crippen LogP contribution in [0.5, 0.6) is 0 Å². The number of amides is 1. The lowest BCUT2D eigenvalue weighted by Crippen LogP contribution is -2.48. The van der Waals surface area contributed by atoms with Crippen LogP contribution in [0.25, 0.3) is 16.7 Å². The van der Waals surface area contributed by atoms with E-state index in [1.54, 1.807) is 9.58 Å². The highest BCUT2D eigenvalue weighted by molar-refractivity contribution is 7.99. The van der Waals surface area contributed by atoms with Gasteiger partial charge in [-0.3, -0.25) is 9.59 Å². The zero-order valence-electron chi connectivity index (χ0n) is 16.6. The second kappa shape index (κ2) is 8.00. The number of hydrogen-bond donors (Lipinski definition) is 1. The van der Waals surface area contributed by atoms with Crippen LogP contribution in [0.1, 0.15) is 19.4 Å². The van der Waals surface area contributed by atoms with Crippen LogP contribution in [0.4, 0.5) is 0 Å². The smallest absolute Gasteiger partial charge is 0.262 e. The minimum Gasteiger partial charge on any atom is -0.372 e. The van der Waals surface area contributed by atoms with Crippen LogP contribution in [0, 0.1) is 6.92 Å². The number of nitrogens with one attached hydrogen (secondary N) is 1. The molecule has 0 spiro atoms. The number of carbonyl (C=O) groups excluding carboxylic acids is 1. The van der Waals surface area contributed by atoms with Crippen molar-refractivity contribution >= 4 is 28.7 Å². The first-order valence-electron chi connectivity index (χ1n) is 9.52. The first-order chi connectivity index (χ1) is 13.9. The third kappa shape index (κ3) is 4.20. The number of aryl methyl sites for hydroxylation is 1. The van der Waals surface area contributed by atoms with Gasteiger partial charge in [-0.25, -0.2) is 9.67 Å². The van der Waals surface area contributed by atoms with Gasteiger partial charge in [0.25, 0.3) is 5.56 Å². The molecule has 1 aromatic carbocycles. The van der Waals surface area contributed by atoms with E-state index >= 15 is 0 Å². The van der Waals surface area contributed by atoms with E-state index in [1.807, 2.05) is 45.0 Å². The van der Waals surface area contributed by atoms with Crippen molar-refractivity contribution < 1.29 is 9.53 Å². The molecule has 4 rings (SSSR count). The minimum atomic E-state index is -0.267. The van der Waals surface area contributed by atoms with E-state index in [9.17, 15) is 9.59 Å². The number of ether oxygens (including phenoxy) is 1. The van der Waals surface area contributed by atoms with Gasteiger partial charge in [0.05, 0.1) is 29.8 Å². The third-order valence-corrected chi connectivity index (χ3v) is 5.66. The summed E-state index contributed by atoms with van der Waals surface area (Å²) in [6, 6.07) is 7.83. The Labute approximate surface area is 172 Å². The number of H-pyrrole nitrogens is 1. The largest absolute Gasteiger partial charge is 0.372 e. The second-order valence-electron chi connectivity index (χ2n) is 7.34. The predicted octanol–water partition coefficient (Wildman–Crippen LogP) is 2.15. The highest BCUT2D eigenvalue weighted by atomic mass is 32.2. The summed E-state index contributed by atoms with van der Waals surface area (Å²) in [5.74, 6) is 0.207. The number of benzene rings is 1. The number of aromatic amines is 1. The minimum absolute atomic E-state index is 0.00629. The van der Waals surface area contributed by atoms with Gasteiger partial charge in [0.15, 0.2) is 10.8 Å². The molecule has 0 bridgehead atoms. The summed E-state index contributed by atoms with van der Waals surface area (Å²) in [5, 5.41) is 5.13. The maximum absolute atomic E-state index is 12.6. The number of aromatic nitrogens is 4. The summed E-state index contributed by atoms with van der Waals surface area (Å²) >= 11 is 1.22.